The van der Waals surface area contributed by atoms with Gasteiger partial charge >= 0.3 is 12.3 Å². The molecular weight excluding hydrogens is 243 g/mol. The van der Waals surface area contributed by atoms with Crippen molar-refractivity contribution in [3.63, 3.8) is 0 Å². The van der Waals surface area contributed by atoms with Gasteiger partial charge in [-0.3, -0.25) is 0 Å². The van der Waals surface area contributed by atoms with Gasteiger partial charge in [0.1, 0.15) is 5.69 Å². The quantitative estimate of drug-likeness (QED) is 0.729. The van der Waals surface area contributed by atoms with Gasteiger partial charge in [0.2, 0.25) is 5.88 Å². The Morgan fingerprint density at radius 3 is 2.53 bits per heavy atom. The van der Waals surface area contributed by atoms with Gasteiger partial charge in [0.15, 0.2) is 0 Å². The predicted octanol–water partition coefficient (Wildman–Crippen LogP) is 0.719. The summed E-state index contributed by atoms with van der Waals surface area (Å²) in [6.45, 7) is -0.241. The maximum atomic E-state index is 12.0. The van der Waals surface area contributed by atoms with E-state index >= 15 is 0 Å². The minimum absolute atomic E-state index is 0.0733. The Hall–Kier alpha value is -2.03. The number of alkyl halides is 3. The number of halogens is 3. The number of aromatic carboxylic acids is 1. The predicted molar refractivity (Wildman–Crippen MR) is 50.2 cm³/mol. The first-order valence-corrected chi connectivity index (χ1v) is 4.23. The summed E-state index contributed by atoms with van der Waals surface area (Å²) in [4.78, 5) is 14.1. The van der Waals surface area contributed by atoms with Crippen LogP contribution in [0.5, 0.6) is 5.88 Å². The first-order chi connectivity index (χ1) is 7.74. The van der Waals surface area contributed by atoms with E-state index in [-0.39, 0.29) is 12.2 Å². The highest BCUT2D eigenvalue weighted by Crippen LogP contribution is 2.29. The lowest BCUT2D eigenvalue weighted by molar-refractivity contribution is -0.275. The van der Waals surface area contributed by atoms with Crippen LogP contribution >= 0.6 is 0 Å². The van der Waals surface area contributed by atoms with Crippen LogP contribution in [-0.4, -0.2) is 22.4 Å². The van der Waals surface area contributed by atoms with Crippen LogP contribution in [0.4, 0.5) is 18.9 Å². The van der Waals surface area contributed by atoms with Crippen molar-refractivity contribution < 1.29 is 27.8 Å². The molecule has 0 unspecified atom stereocenters. The highest BCUT2D eigenvalue weighted by Gasteiger charge is 2.33. The van der Waals surface area contributed by atoms with Crippen LogP contribution in [0, 0.1) is 0 Å². The number of anilines is 1. The highest BCUT2D eigenvalue weighted by molar-refractivity contribution is 5.94. The summed E-state index contributed by atoms with van der Waals surface area (Å²) in [6, 6.07) is 0.987. The van der Waals surface area contributed by atoms with E-state index in [0.29, 0.717) is 0 Å². The van der Waals surface area contributed by atoms with E-state index in [1.54, 1.807) is 0 Å². The number of pyridine rings is 1. The molecule has 0 saturated heterocycles. The maximum absolute atomic E-state index is 12.0. The number of ether oxygens (including phenoxy) is 1. The molecule has 1 aromatic heterocycles. The molecule has 0 atom stereocenters. The molecule has 0 bridgehead atoms. The Balaban J connectivity index is 3.29. The van der Waals surface area contributed by atoms with Gasteiger partial charge in [-0.05, 0) is 6.07 Å². The monoisotopic (exact) mass is 251 g/mol. The van der Waals surface area contributed by atoms with E-state index < -0.39 is 29.5 Å². The van der Waals surface area contributed by atoms with Crippen molar-refractivity contribution in [1.29, 1.82) is 0 Å². The number of nitrogens with zero attached hydrogens (tertiary/aromatic N) is 1. The molecule has 0 amide bonds. The molecule has 1 aromatic rings. The van der Waals surface area contributed by atoms with Crippen molar-refractivity contribution in [3.8, 4) is 5.88 Å². The topological polar surface area (TPSA) is 111 Å². The Labute approximate surface area is 93.0 Å². The van der Waals surface area contributed by atoms with Gasteiger partial charge in [-0.2, -0.15) is 0 Å². The van der Waals surface area contributed by atoms with Crippen molar-refractivity contribution in [1.82, 2.24) is 4.98 Å². The fourth-order valence-corrected chi connectivity index (χ4v) is 1.05. The van der Waals surface area contributed by atoms with Gasteiger partial charge in [0.25, 0.3) is 0 Å². The first kappa shape index (κ1) is 13.0. The van der Waals surface area contributed by atoms with Crippen molar-refractivity contribution >= 4 is 11.7 Å². The van der Waals surface area contributed by atoms with Gasteiger partial charge in [0, 0.05) is 6.54 Å². The molecular formula is C8H8F3N3O3. The van der Waals surface area contributed by atoms with Crippen LogP contribution in [0.3, 0.4) is 0 Å². The molecule has 6 nitrogen and oxygen atoms in total. The number of nitrogens with two attached hydrogens (primary N) is 2. The largest absolute Gasteiger partial charge is 0.574 e. The summed E-state index contributed by atoms with van der Waals surface area (Å²) >= 11 is 0. The number of nitrogen functional groups attached to an aromatic ring is 1. The first-order valence-electron chi connectivity index (χ1n) is 4.23. The third-order valence-electron chi connectivity index (χ3n) is 1.73. The molecule has 1 heterocycles. The van der Waals surface area contributed by atoms with Gasteiger partial charge in [0.05, 0.1) is 11.3 Å². The van der Waals surface area contributed by atoms with Crippen LogP contribution in [0.2, 0.25) is 0 Å². The molecule has 9 heteroatoms. The minimum atomic E-state index is -5.01. The average molecular weight is 251 g/mol. The summed E-state index contributed by atoms with van der Waals surface area (Å²) < 4.78 is 39.5. The molecule has 0 aliphatic carbocycles. The van der Waals surface area contributed by atoms with E-state index in [0.717, 1.165) is 6.07 Å². The van der Waals surface area contributed by atoms with Gasteiger partial charge in [-0.1, -0.05) is 0 Å². The fourth-order valence-electron chi connectivity index (χ4n) is 1.05. The van der Waals surface area contributed by atoms with Crippen LogP contribution < -0.4 is 16.2 Å². The molecule has 94 valence electrons. The SMILES string of the molecule is NCc1cc(C(=O)O)c(N)c(OC(F)(F)F)n1. The standard InChI is InChI=1S/C8H8F3N3O3/c9-8(10,11)17-6-5(13)4(7(15)16)1-3(2-12)14-6/h1H,2,12-13H2,(H,15,16). The summed E-state index contributed by atoms with van der Waals surface area (Å²) in [5, 5.41) is 8.72. The smallest absolute Gasteiger partial charge is 0.478 e. The summed E-state index contributed by atoms with van der Waals surface area (Å²) in [7, 11) is 0. The zero-order valence-electron chi connectivity index (χ0n) is 8.28. The van der Waals surface area contributed by atoms with E-state index in [2.05, 4.69) is 9.72 Å². The van der Waals surface area contributed by atoms with Crippen molar-refractivity contribution in [3.05, 3.63) is 17.3 Å². The molecule has 17 heavy (non-hydrogen) atoms. The Morgan fingerprint density at radius 1 is 1.53 bits per heavy atom. The molecule has 0 aliphatic heterocycles. The van der Waals surface area contributed by atoms with E-state index in [1.165, 1.54) is 0 Å². The maximum Gasteiger partial charge on any atom is 0.574 e. The second kappa shape index (κ2) is 4.45. The van der Waals surface area contributed by atoms with Crippen LogP contribution in [0.25, 0.3) is 0 Å². The van der Waals surface area contributed by atoms with Crippen LogP contribution in [0.15, 0.2) is 6.07 Å². The van der Waals surface area contributed by atoms with Crippen LogP contribution in [0.1, 0.15) is 16.1 Å². The number of carbonyl (C=O) groups is 1. The highest BCUT2D eigenvalue weighted by atomic mass is 19.4. The number of hydrogen-bond donors (Lipinski definition) is 3. The number of carboxylic acid groups (broad SMARTS) is 1. The Kier molecular flexibility index (Phi) is 3.42. The molecule has 0 fully saturated rings. The van der Waals surface area contributed by atoms with Gasteiger partial charge < -0.3 is 21.3 Å². The number of hydrogen-bond acceptors (Lipinski definition) is 5. The van der Waals surface area contributed by atoms with Crippen molar-refractivity contribution in [2.45, 2.75) is 12.9 Å². The minimum Gasteiger partial charge on any atom is -0.478 e. The van der Waals surface area contributed by atoms with Gasteiger partial charge in [-0.25, -0.2) is 9.78 Å². The Bertz CT molecular complexity index is 448. The molecule has 1 rings (SSSR count). The second-order valence-corrected chi connectivity index (χ2v) is 2.94. The number of rotatable bonds is 3. The Morgan fingerprint density at radius 2 is 2.12 bits per heavy atom. The van der Waals surface area contributed by atoms with Crippen LogP contribution in [-0.2, 0) is 6.54 Å². The third kappa shape index (κ3) is 3.21. The summed E-state index contributed by atoms with van der Waals surface area (Å²) in [6.07, 6.45) is -5.01. The lowest BCUT2D eigenvalue weighted by Gasteiger charge is -2.12. The molecule has 0 aromatic carbocycles. The molecule has 0 aliphatic rings. The lowest BCUT2D eigenvalue weighted by atomic mass is 10.2. The molecule has 0 radical (unpaired) electrons. The lowest BCUT2D eigenvalue weighted by Crippen LogP contribution is -2.20. The van der Waals surface area contributed by atoms with Crippen molar-refractivity contribution in [2.24, 2.45) is 5.73 Å². The normalized spacial score (nSPS) is 11.3. The second-order valence-electron chi connectivity index (χ2n) is 2.94. The van der Waals surface area contributed by atoms with E-state index in [1.807, 2.05) is 0 Å². The van der Waals surface area contributed by atoms with E-state index in [9.17, 15) is 18.0 Å². The summed E-state index contributed by atoms with van der Waals surface area (Å²) in [5.74, 6) is -2.51. The van der Waals surface area contributed by atoms with Crippen molar-refractivity contribution in [2.75, 3.05) is 5.73 Å². The number of carboxylic acids is 1. The number of aromatic nitrogens is 1. The van der Waals surface area contributed by atoms with Gasteiger partial charge in [-0.15, -0.1) is 13.2 Å². The average Bonchev–Trinajstić information content (AvgIpc) is 2.18. The third-order valence-corrected chi connectivity index (χ3v) is 1.73. The summed E-state index contributed by atoms with van der Waals surface area (Å²) in [5.41, 5.74) is 9.06. The zero-order chi connectivity index (χ0) is 13.2. The molecule has 0 saturated carbocycles. The molecule has 5 N–H and O–H groups in total. The zero-order valence-corrected chi connectivity index (χ0v) is 8.28. The fraction of sp³-hybridized carbons (Fsp3) is 0.250. The van der Waals surface area contributed by atoms with E-state index in [4.69, 9.17) is 16.6 Å². The molecule has 0 spiro atoms.